The van der Waals surface area contributed by atoms with Crippen molar-refractivity contribution in [2.24, 2.45) is 0 Å². The van der Waals surface area contributed by atoms with Crippen molar-refractivity contribution in [2.45, 2.75) is 39.7 Å². The molecule has 1 unspecified atom stereocenters. The third kappa shape index (κ3) is 2.63. The third-order valence-electron chi connectivity index (χ3n) is 2.70. The molecular formula is C12H16O3. The molecule has 15 heavy (non-hydrogen) atoms. The molecule has 3 nitrogen and oxygen atoms in total. The van der Waals surface area contributed by atoms with E-state index >= 15 is 0 Å². The fourth-order valence-corrected chi connectivity index (χ4v) is 1.48. The largest absolute Gasteiger partial charge is 0.393 e. The lowest BCUT2D eigenvalue weighted by Crippen LogP contribution is -2.17. The van der Waals surface area contributed by atoms with E-state index in [0.29, 0.717) is 29.6 Å². The molecule has 0 saturated heterocycles. The molecule has 1 rings (SSSR count). The lowest BCUT2D eigenvalue weighted by molar-refractivity contribution is -0.116. The van der Waals surface area contributed by atoms with Gasteiger partial charge in [0, 0.05) is 16.7 Å². The Morgan fingerprint density at radius 1 is 1.27 bits per heavy atom. The monoisotopic (exact) mass is 208 g/mol. The zero-order valence-electron chi connectivity index (χ0n) is 9.33. The summed E-state index contributed by atoms with van der Waals surface area (Å²) >= 11 is 0. The van der Waals surface area contributed by atoms with E-state index in [1.165, 1.54) is 6.08 Å². The van der Waals surface area contributed by atoms with Crippen molar-refractivity contribution in [1.82, 2.24) is 0 Å². The molecule has 3 heteroatoms. The van der Waals surface area contributed by atoms with Gasteiger partial charge in [-0.25, -0.2) is 0 Å². The molecular weight excluding hydrogens is 192 g/mol. The van der Waals surface area contributed by atoms with Gasteiger partial charge in [0.25, 0.3) is 0 Å². The minimum atomic E-state index is -0.443. The minimum absolute atomic E-state index is 0.0623. The van der Waals surface area contributed by atoms with Crippen LogP contribution in [0.2, 0.25) is 0 Å². The Morgan fingerprint density at radius 3 is 2.40 bits per heavy atom. The number of hydrogen-bond donors (Lipinski definition) is 1. The number of hydrogen-bond acceptors (Lipinski definition) is 3. The molecule has 0 spiro atoms. The number of carbonyl (C=O) groups excluding carboxylic acids is 2. The maximum atomic E-state index is 11.7. The molecule has 82 valence electrons. The van der Waals surface area contributed by atoms with Crippen LogP contribution in [0.5, 0.6) is 0 Å². The summed E-state index contributed by atoms with van der Waals surface area (Å²) in [6, 6.07) is 0. The first kappa shape index (κ1) is 11.9. The summed E-state index contributed by atoms with van der Waals surface area (Å²) in [5.74, 6) is -0.152. The molecule has 0 bridgehead atoms. The molecule has 0 heterocycles. The van der Waals surface area contributed by atoms with Gasteiger partial charge < -0.3 is 5.11 Å². The highest BCUT2D eigenvalue weighted by Crippen LogP contribution is 2.22. The molecule has 1 N–H and O–H groups in total. The van der Waals surface area contributed by atoms with Gasteiger partial charge in [-0.05, 0) is 39.7 Å². The molecule has 1 aliphatic carbocycles. The molecule has 0 radical (unpaired) electrons. The van der Waals surface area contributed by atoms with Crippen LogP contribution < -0.4 is 0 Å². The van der Waals surface area contributed by atoms with Gasteiger partial charge in [-0.1, -0.05) is 0 Å². The van der Waals surface area contributed by atoms with E-state index in [1.54, 1.807) is 20.8 Å². The minimum Gasteiger partial charge on any atom is -0.393 e. The van der Waals surface area contributed by atoms with Crippen LogP contribution in [-0.2, 0) is 9.59 Å². The summed E-state index contributed by atoms with van der Waals surface area (Å²) in [6.07, 6.45) is 1.93. The summed E-state index contributed by atoms with van der Waals surface area (Å²) in [7, 11) is 0. The molecule has 0 amide bonds. The number of aliphatic hydroxyl groups is 1. The lowest BCUT2D eigenvalue weighted by atomic mass is 9.89. The van der Waals surface area contributed by atoms with Gasteiger partial charge >= 0.3 is 0 Å². The van der Waals surface area contributed by atoms with Crippen LogP contribution in [-0.4, -0.2) is 22.8 Å². The Hall–Kier alpha value is -1.22. The summed E-state index contributed by atoms with van der Waals surface area (Å²) in [5, 5.41) is 9.12. The van der Waals surface area contributed by atoms with Crippen molar-refractivity contribution in [3.8, 4) is 0 Å². The summed E-state index contributed by atoms with van der Waals surface area (Å²) in [6.45, 7) is 5.01. The van der Waals surface area contributed by atoms with Gasteiger partial charge in [-0.3, -0.25) is 9.59 Å². The van der Waals surface area contributed by atoms with E-state index in [-0.39, 0.29) is 11.6 Å². The van der Waals surface area contributed by atoms with Crippen molar-refractivity contribution < 1.29 is 14.7 Å². The molecule has 1 atom stereocenters. The van der Waals surface area contributed by atoms with Crippen molar-refractivity contribution in [3.63, 3.8) is 0 Å². The second-order valence-electron chi connectivity index (χ2n) is 4.00. The van der Waals surface area contributed by atoms with Gasteiger partial charge in [0.1, 0.15) is 0 Å². The average molecular weight is 208 g/mol. The summed E-state index contributed by atoms with van der Waals surface area (Å²) in [4.78, 5) is 23.2. The molecule has 0 aromatic carbocycles. The molecule has 0 aliphatic heterocycles. The second-order valence-corrected chi connectivity index (χ2v) is 4.00. The van der Waals surface area contributed by atoms with Crippen molar-refractivity contribution in [1.29, 1.82) is 0 Å². The zero-order valence-corrected chi connectivity index (χ0v) is 9.33. The van der Waals surface area contributed by atoms with E-state index < -0.39 is 6.10 Å². The van der Waals surface area contributed by atoms with Crippen LogP contribution >= 0.6 is 0 Å². The quantitative estimate of drug-likeness (QED) is 0.716. The second kappa shape index (κ2) is 4.53. The Bertz CT molecular complexity index is 359. The Balaban J connectivity index is 2.81. The number of allylic oxidation sites excluding steroid dienone is 4. The molecule has 1 aliphatic rings. The first-order valence-electron chi connectivity index (χ1n) is 5.08. The van der Waals surface area contributed by atoms with Crippen molar-refractivity contribution in [3.05, 3.63) is 22.8 Å². The van der Waals surface area contributed by atoms with E-state index in [9.17, 15) is 9.59 Å². The fourth-order valence-electron chi connectivity index (χ4n) is 1.48. The molecule has 0 saturated carbocycles. The van der Waals surface area contributed by atoms with E-state index in [0.717, 1.165) is 0 Å². The van der Waals surface area contributed by atoms with E-state index in [4.69, 9.17) is 5.11 Å². The summed E-state index contributed by atoms with van der Waals surface area (Å²) < 4.78 is 0. The molecule has 0 aromatic heterocycles. The topological polar surface area (TPSA) is 54.4 Å². The van der Waals surface area contributed by atoms with Gasteiger partial charge in [0.05, 0.1) is 6.10 Å². The standard InChI is InChI=1S/C12H16O3/c1-7(13)4-5-10-6-11(14)8(2)9(3)12(10)15/h6-7,13H,4-5H2,1-3H3. The predicted molar refractivity (Wildman–Crippen MR) is 57.4 cm³/mol. The first-order valence-corrected chi connectivity index (χ1v) is 5.08. The Morgan fingerprint density at radius 2 is 1.87 bits per heavy atom. The van der Waals surface area contributed by atoms with Gasteiger partial charge in [0.15, 0.2) is 11.6 Å². The van der Waals surface area contributed by atoms with Crippen LogP contribution in [0.15, 0.2) is 22.8 Å². The highest BCUT2D eigenvalue weighted by molar-refractivity contribution is 6.22. The Kier molecular flexibility index (Phi) is 3.58. The smallest absolute Gasteiger partial charge is 0.185 e. The first-order chi connectivity index (χ1) is 6.93. The van der Waals surface area contributed by atoms with Gasteiger partial charge in [-0.2, -0.15) is 0 Å². The normalized spacial score (nSPS) is 19.3. The average Bonchev–Trinajstić information content (AvgIpc) is 2.18. The lowest BCUT2D eigenvalue weighted by Gasteiger charge is -2.14. The van der Waals surface area contributed by atoms with Gasteiger partial charge in [0.2, 0.25) is 0 Å². The maximum Gasteiger partial charge on any atom is 0.185 e. The number of rotatable bonds is 3. The molecule has 0 fully saturated rings. The van der Waals surface area contributed by atoms with Crippen LogP contribution in [0.1, 0.15) is 33.6 Å². The molecule has 0 aromatic rings. The predicted octanol–water partition coefficient (Wildman–Crippen LogP) is 1.56. The van der Waals surface area contributed by atoms with E-state index in [2.05, 4.69) is 0 Å². The van der Waals surface area contributed by atoms with Crippen LogP contribution in [0.3, 0.4) is 0 Å². The number of aliphatic hydroxyl groups excluding tert-OH is 1. The van der Waals surface area contributed by atoms with Crippen LogP contribution in [0, 0.1) is 0 Å². The van der Waals surface area contributed by atoms with Crippen molar-refractivity contribution >= 4 is 11.6 Å². The number of Topliss-reactive ketones (excluding diaryl/α,β-unsaturated/α-hetero) is 1. The van der Waals surface area contributed by atoms with Crippen molar-refractivity contribution in [2.75, 3.05) is 0 Å². The number of ketones is 2. The number of carbonyl (C=O) groups is 2. The van der Waals surface area contributed by atoms with Crippen LogP contribution in [0.25, 0.3) is 0 Å². The Labute approximate surface area is 89.5 Å². The van der Waals surface area contributed by atoms with Gasteiger partial charge in [-0.15, -0.1) is 0 Å². The third-order valence-corrected chi connectivity index (χ3v) is 2.70. The SMILES string of the molecule is CC1=C(C)C(=O)C(CCC(C)O)=CC1=O. The highest BCUT2D eigenvalue weighted by atomic mass is 16.3. The van der Waals surface area contributed by atoms with E-state index in [1.807, 2.05) is 0 Å². The fraction of sp³-hybridized carbons (Fsp3) is 0.500. The van der Waals surface area contributed by atoms with Crippen LogP contribution in [0.4, 0.5) is 0 Å². The maximum absolute atomic E-state index is 11.7. The zero-order chi connectivity index (χ0) is 11.6. The summed E-state index contributed by atoms with van der Waals surface area (Å²) in [5.41, 5.74) is 1.58. The highest BCUT2D eigenvalue weighted by Gasteiger charge is 2.22.